The number of Topliss-reactive ketones (excluding diaryl/α,β-unsaturated/α-hetero) is 1. The molecule has 0 aliphatic rings. The van der Waals surface area contributed by atoms with E-state index in [1.807, 2.05) is 25.1 Å². The zero-order valence-corrected chi connectivity index (χ0v) is 10.6. The Balaban J connectivity index is 2.58. The molecule has 0 unspecified atom stereocenters. The number of halogens is 1. The van der Waals surface area contributed by atoms with Crippen LogP contribution in [0.15, 0.2) is 18.2 Å². The summed E-state index contributed by atoms with van der Waals surface area (Å²) in [7, 11) is 1.58. The molecule has 1 aromatic carbocycles. The standard InChI is InChI=1S/C12H11ClO2S/c1-3-9(14)12-5-7-4-8(13)10(15-2)6-11(7)16-12/h4-6H,3H2,1-2H3. The van der Waals surface area contributed by atoms with E-state index in [1.54, 1.807) is 7.11 Å². The van der Waals surface area contributed by atoms with Gasteiger partial charge >= 0.3 is 0 Å². The van der Waals surface area contributed by atoms with Crippen molar-refractivity contribution in [2.45, 2.75) is 13.3 Å². The van der Waals surface area contributed by atoms with Gasteiger partial charge in [-0.1, -0.05) is 18.5 Å². The average Bonchev–Trinajstić information content (AvgIpc) is 2.69. The molecule has 84 valence electrons. The van der Waals surface area contributed by atoms with Crippen molar-refractivity contribution in [3.8, 4) is 5.75 Å². The van der Waals surface area contributed by atoms with Gasteiger partial charge in [-0.2, -0.15) is 0 Å². The van der Waals surface area contributed by atoms with Crippen molar-refractivity contribution in [2.75, 3.05) is 7.11 Å². The molecule has 2 rings (SSSR count). The molecule has 0 fully saturated rings. The SMILES string of the molecule is CCC(=O)c1cc2cc(Cl)c(OC)cc2s1. The number of hydrogen-bond acceptors (Lipinski definition) is 3. The Kier molecular flexibility index (Phi) is 3.17. The number of methoxy groups -OCH3 is 1. The molecule has 1 heterocycles. The Morgan fingerprint density at radius 1 is 1.44 bits per heavy atom. The predicted molar refractivity (Wildman–Crippen MR) is 68.0 cm³/mol. The first-order chi connectivity index (χ1) is 7.65. The minimum Gasteiger partial charge on any atom is -0.495 e. The summed E-state index contributed by atoms with van der Waals surface area (Å²) in [6.45, 7) is 1.86. The average molecular weight is 255 g/mol. The molecule has 0 bridgehead atoms. The molecule has 2 nitrogen and oxygen atoms in total. The van der Waals surface area contributed by atoms with Crippen molar-refractivity contribution < 1.29 is 9.53 Å². The second-order valence-electron chi connectivity index (χ2n) is 3.41. The molecular formula is C12H11ClO2S. The first-order valence-corrected chi connectivity index (χ1v) is 6.15. The van der Waals surface area contributed by atoms with Crippen LogP contribution in [0, 0.1) is 0 Å². The van der Waals surface area contributed by atoms with Gasteiger partial charge in [-0.05, 0) is 23.6 Å². The summed E-state index contributed by atoms with van der Waals surface area (Å²) in [5.41, 5.74) is 0. The van der Waals surface area contributed by atoms with Gasteiger partial charge in [-0.25, -0.2) is 0 Å². The lowest BCUT2D eigenvalue weighted by molar-refractivity contribution is 0.0992. The molecule has 0 aliphatic carbocycles. The van der Waals surface area contributed by atoms with E-state index in [0.29, 0.717) is 17.2 Å². The Morgan fingerprint density at radius 2 is 2.19 bits per heavy atom. The van der Waals surface area contributed by atoms with Gasteiger partial charge in [0.2, 0.25) is 0 Å². The summed E-state index contributed by atoms with van der Waals surface area (Å²) in [6, 6.07) is 5.59. The van der Waals surface area contributed by atoms with E-state index in [9.17, 15) is 4.79 Å². The molecule has 0 spiro atoms. The fourth-order valence-corrected chi connectivity index (χ4v) is 2.84. The van der Waals surface area contributed by atoms with Crippen molar-refractivity contribution in [1.82, 2.24) is 0 Å². The van der Waals surface area contributed by atoms with Crippen molar-refractivity contribution in [3.05, 3.63) is 28.1 Å². The van der Waals surface area contributed by atoms with Gasteiger partial charge < -0.3 is 4.74 Å². The maximum Gasteiger partial charge on any atom is 0.172 e. The van der Waals surface area contributed by atoms with Crippen LogP contribution in [0.5, 0.6) is 5.75 Å². The van der Waals surface area contributed by atoms with E-state index in [2.05, 4.69) is 0 Å². The highest BCUT2D eigenvalue weighted by Gasteiger charge is 2.10. The first-order valence-electron chi connectivity index (χ1n) is 4.96. The minimum absolute atomic E-state index is 0.163. The first kappa shape index (κ1) is 11.4. The third-order valence-electron chi connectivity index (χ3n) is 2.39. The Bertz CT molecular complexity index is 545. The van der Waals surface area contributed by atoms with Crippen LogP contribution in [0.4, 0.5) is 0 Å². The largest absolute Gasteiger partial charge is 0.495 e. The normalized spacial score (nSPS) is 10.7. The number of carbonyl (C=O) groups excluding carboxylic acids is 1. The highest BCUT2D eigenvalue weighted by Crippen LogP contribution is 2.34. The predicted octanol–water partition coefficient (Wildman–Crippen LogP) is 4.16. The summed E-state index contributed by atoms with van der Waals surface area (Å²) >= 11 is 7.50. The summed E-state index contributed by atoms with van der Waals surface area (Å²) in [6.07, 6.45) is 0.525. The fourth-order valence-electron chi connectivity index (χ4n) is 1.51. The maximum absolute atomic E-state index is 11.6. The summed E-state index contributed by atoms with van der Waals surface area (Å²) in [5, 5.41) is 1.57. The number of thiophene rings is 1. The molecule has 0 saturated carbocycles. The second-order valence-corrected chi connectivity index (χ2v) is 4.90. The van der Waals surface area contributed by atoms with Crippen LogP contribution < -0.4 is 4.74 Å². The topological polar surface area (TPSA) is 26.3 Å². The Labute approximate surface area is 103 Å². The van der Waals surface area contributed by atoms with E-state index in [0.717, 1.165) is 15.0 Å². The molecule has 0 amide bonds. The minimum atomic E-state index is 0.163. The molecule has 0 saturated heterocycles. The number of fused-ring (bicyclic) bond motifs is 1. The quantitative estimate of drug-likeness (QED) is 0.769. The molecule has 4 heteroatoms. The van der Waals surface area contributed by atoms with Gasteiger partial charge in [0, 0.05) is 11.1 Å². The van der Waals surface area contributed by atoms with Crippen LogP contribution in [-0.4, -0.2) is 12.9 Å². The van der Waals surface area contributed by atoms with E-state index >= 15 is 0 Å². The highest BCUT2D eigenvalue weighted by atomic mass is 35.5. The molecule has 0 aliphatic heterocycles. The lowest BCUT2D eigenvalue weighted by atomic mass is 10.2. The third-order valence-corrected chi connectivity index (χ3v) is 3.82. The third kappa shape index (κ3) is 1.93. The van der Waals surface area contributed by atoms with Gasteiger partial charge in [0.05, 0.1) is 17.0 Å². The van der Waals surface area contributed by atoms with Gasteiger partial charge in [0.1, 0.15) is 5.75 Å². The van der Waals surface area contributed by atoms with Crippen LogP contribution in [0.2, 0.25) is 5.02 Å². The highest BCUT2D eigenvalue weighted by molar-refractivity contribution is 7.20. The molecule has 1 aromatic heterocycles. The van der Waals surface area contributed by atoms with Crippen LogP contribution in [0.3, 0.4) is 0 Å². The molecule has 16 heavy (non-hydrogen) atoms. The van der Waals surface area contributed by atoms with Crippen LogP contribution in [0.25, 0.3) is 10.1 Å². The van der Waals surface area contributed by atoms with Crippen molar-refractivity contribution in [1.29, 1.82) is 0 Å². The van der Waals surface area contributed by atoms with Crippen molar-refractivity contribution >= 4 is 38.8 Å². The number of rotatable bonds is 3. The van der Waals surface area contributed by atoms with Crippen molar-refractivity contribution in [3.63, 3.8) is 0 Å². The van der Waals surface area contributed by atoms with Gasteiger partial charge in [0.25, 0.3) is 0 Å². The lowest BCUT2D eigenvalue weighted by Crippen LogP contribution is -1.90. The summed E-state index contributed by atoms with van der Waals surface area (Å²) in [5.74, 6) is 0.808. The molecule has 0 N–H and O–H groups in total. The fraction of sp³-hybridized carbons (Fsp3) is 0.250. The lowest BCUT2D eigenvalue weighted by Gasteiger charge is -2.01. The Hall–Kier alpha value is -1.06. The van der Waals surface area contributed by atoms with E-state index in [4.69, 9.17) is 16.3 Å². The smallest absolute Gasteiger partial charge is 0.172 e. The molecular weight excluding hydrogens is 244 g/mol. The number of hydrogen-bond donors (Lipinski definition) is 0. The summed E-state index contributed by atoms with van der Waals surface area (Å²) in [4.78, 5) is 12.3. The molecule has 0 radical (unpaired) electrons. The number of ketones is 1. The number of benzene rings is 1. The zero-order valence-electron chi connectivity index (χ0n) is 9.04. The van der Waals surface area contributed by atoms with Crippen LogP contribution >= 0.6 is 22.9 Å². The van der Waals surface area contributed by atoms with Crippen LogP contribution in [0.1, 0.15) is 23.0 Å². The maximum atomic E-state index is 11.6. The molecule has 2 aromatic rings. The van der Waals surface area contributed by atoms with Crippen molar-refractivity contribution in [2.24, 2.45) is 0 Å². The van der Waals surface area contributed by atoms with E-state index in [-0.39, 0.29) is 5.78 Å². The zero-order chi connectivity index (χ0) is 11.7. The Morgan fingerprint density at radius 3 is 2.81 bits per heavy atom. The summed E-state index contributed by atoms with van der Waals surface area (Å²) < 4.78 is 6.16. The van der Waals surface area contributed by atoms with Crippen LogP contribution in [-0.2, 0) is 0 Å². The number of carbonyl (C=O) groups is 1. The molecule has 0 atom stereocenters. The van der Waals surface area contributed by atoms with Gasteiger partial charge in [-0.15, -0.1) is 11.3 Å². The second kappa shape index (κ2) is 4.44. The van der Waals surface area contributed by atoms with Gasteiger partial charge in [0.15, 0.2) is 5.78 Å². The van der Waals surface area contributed by atoms with E-state index < -0.39 is 0 Å². The van der Waals surface area contributed by atoms with Gasteiger partial charge in [-0.3, -0.25) is 4.79 Å². The van der Waals surface area contributed by atoms with E-state index in [1.165, 1.54) is 11.3 Å². The monoisotopic (exact) mass is 254 g/mol. The number of ether oxygens (including phenoxy) is 1.